The second kappa shape index (κ2) is 10.3. The van der Waals surface area contributed by atoms with E-state index in [1.807, 2.05) is 60.4 Å². The molecule has 6 nitrogen and oxygen atoms in total. The van der Waals surface area contributed by atoms with E-state index in [2.05, 4.69) is 28.5 Å². The molecule has 35 heavy (non-hydrogen) atoms. The molecule has 1 aliphatic heterocycles. The third kappa shape index (κ3) is 5.21. The Morgan fingerprint density at radius 3 is 2.60 bits per heavy atom. The zero-order valence-corrected chi connectivity index (χ0v) is 20.0. The first-order valence-electron chi connectivity index (χ1n) is 12.5. The fraction of sp³-hybridized carbons (Fsp3) is 0.345. The van der Waals surface area contributed by atoms with Gasteiger partial charge in [-0.2, -0.15) is 0 Å². The average molecular weight is 470 g/mol. The van der Waals surface area contributed by atoms with Crippen LogP contribution in [0, 0.1) is 5.92 Å². The maximum Gasteiger partial charge on any atom is 0.261 e. The van der Waals surface area contributed by atoms with Crippen molar-refractivity contribution in [2.75, 3.05) is 6.54 Å². The van der Waals surface area contributed by atoms with Gasteiger partial charge in [-0.05, 0) is 66.6 Å². The van der Waals surface area contributed by atoms with Gasteiger partial charge in [-0.15, -0.1) is 0 Å². The molecule has 1 fully saturated rings. The Hall–Kier alpha value is -3.67. The molecule has 3 aromatic rings. The van der Waals surface area contributed by atoms with Crippen molar-refractivity contribution < 1.29 is 14.3 Å². The predicted molar refractivity (Wildman–Crippen MR) is 134 cm³/mol. The number of carbonyl (C=O) groups is 2. The number of nitrogens with one attached hydrogen (secondary N) is 1. The van der Waals surface area contributed by atoms with Crippen LogP contribution in [0.1, 0.15) is 54.6 Å². The fourth-order valence-corrected chi connectivity index (χ4v) is 4.74. The number of hydrogen-bond acceptors (Lipinski definition) is 4. The van der Waals surface area contributed by atoms with Gasteiger partial charge in [0.05, 0.1) is 18.3 Å². The lowest BCUT2D eigenvalue weighted by atomic mass is 9.87. The van der Waals surface area contributed by atoms with E-state index in [4.69, 9.17) is 4.74 Å². The number of pyridine rings is 1. The fourth-order valence-electron chi connectivity index (χ4n) is 4.74. The minimum absolute atomic E-state index is 0.144. The van der Waals surface area contributed by atoms with E-state index in [-0.39, 0.29) is 23.8 Å². The highest BCUT2D eigenvalue weighted by atomic mass is 16.5. The topological polar surface area (TPSA) is 71.5 Å². The summed E-state index contributed by atoms with van der Waals surface area (Å²) < 4.78 is 6.18. The van der Waals surface area contributed by atoms with Crippen molar-refractivity contribution in [1.82, 2.24) is 15.2 Å². The van der Waals surface area contributed by atoms with Crippen molar-refractivity contribution in [3.05, 3.63) is 95.3 Å². The van der Waals surface area contributed by atoms with Crippen molar-refractivity contribution in [3.63, 3.8) is 0 Å². The van der Waals surface area contributed by atoms with Crippen LogP contribution in [0.5, 0.6) is 5.75 Å². The van der Waals surface area contributed by atoms with E-state index < -0.39 is 6.10 Å². The summed E-state index contributed by atoms with van der Waals surface area (Å²) in [6, 6.07) is 21.7. The Morgan fingerprint density at radius 2 is 1.89 bits per heavy atom. The standard InChI is InChI=1S/C29H31N3O3/c1-2-26(28(33)31-19-23-10-6-7-16-30-23)35-24-14-13-20-15-17-32(29(34)22-11-12-22)27(25(20)18-24)21-8-4-3-5-9-21/h3-10,13-14,16,18,22,26-27H,2,11-12,15,17,19H2,1H3,(H,31,33). The number of rotatable bonds is 8. The summed E-state index contributed by atoms with van der Waals surface area (Å²) >= 11 is 0. The lowest BCUT2D eigenvalue weighted by Gasteiger charge is -2.38. The summed E-state index contributed by atoms with van der Waals surface area (Å²) in [7, 11) is 0. The Morgan fingerprint density at radius 1 is 1.09 bits per heavy atom. The molecule has 1 saturated carbocycles. The molecule has 5 rings (SSSR count). The van der Waals surface area contributed by atoms with Crippen LogP contribution in [0.4, 0.5) is 0 Å². The SMILES string of the molecule is CCC(Oc1ccc2c(c1)C(c1ccccc1)N(C(=O)C1CC1)CC2)C(=O)NCc1ccccn1. The zero-order chi connectivity index (χ0) is 24.2. The third-order valence-corrected chi connectivity index (χ3v) is 6.78. The molecule has 2 unspecified atom stereocenters. The highest BCUT2D eigenvalue weighted by molar-refractivity contribution is 5.82. The quantitative estimate of drug-likeness (QED) is 0.530. The molecule has 0 spiro atoms. The Labute approximate surface area is 206 Å². The van der Waals surface area contributed by atoms with Crippen LogP contribution in [-0.2, 0) is 22.6 Å². The Balaban J connectivity index is 1.37. The van der Waals surface area contributed by atoms with Crippen LogP contribution in [0.2, 0.25) is 0 Å². The van der Waals surface area contributed by atoms with E-state index >= 15 is 0 Å². The van der Waals surface area contributed by atoms with E-state index in [1.165, 1.54) is 5.56 Å². The summed E-state index contributed by atoms with van der Waals surface area (Å²) in [5.74, 6) is 0.886. The average Bonchev–Trinajstić information content (AvgIpc) is 3.76. The molecule has 2 atom stereocenters. The third-order valence-electron chi connectivity index (χ3n) is 6.78. The number of fused-ring (bicyclic) bond motifs is 1. The normalized spacial score (nSPS) is 17.9. The van der Waals surface area contributed by atoms with Gasteiger partial charge in [0.25, 0.3) is 5.91 Å². The summed E-state index contributed by atoms with van der Waals surface area (Å²) in [6.07, 6.45) is 4.43. The highest BCUT2D eigenvalue weighted by Gasteiger charge is 2.39. The van der Waals surface area contributed by atoms with Gasteiger partial charge in [-0.3, -0.25) is 14.6 Å². The van der Waals surface area contributed by atoms with Gasteiger partial charge in [-0.25, -0.2) is 0 Å². The number of carbonyl (C=O) groups excluding carboxylic acids is 2. The first kappa shape index (κ1) is 23.1. The second-order valence-electron chi connectivity index (χ2n) is 9.28. The van der Waals surface area contributed by atoms with E-state index in [0.29, 0.717) is 18.7 Å². The molecule has 2 aromatic carbocycles. The molecular formula is C29H31N3O3. The van der Waals surface area contributed by atoms with Crippen molar-refractivity contribution in [3.8, 4) is 5.75 Å². The van der Waals surface area contributed by atoms with Gasteiger partial charge in [-0.1, -0.05) is 49.4 Å². The highest BCUT2D eigenvalue weighted by Crippen LogP contribution is 2.41. The largest absolute Gasteiger partial charge is 0.481 e. The van der Waals surface area contributed by atoms with E-state index in [9.17, 15) is 9.59 Å². The van der Waals surface area contributed by atoms with Crippen LogP contribution in [-0.4, -0.2) is 34.3 Å². The minimum atomic E-state index is -0.611. The van der Waals surface area contributed by atoms with Gasteiger partial charge in [0.2, 0.25) is 5.91 Å². The van der Waals surface area contributed by atoms with Crippen LogP contribution >= 0.6 is 0 Å². The Bertz CT molecular complexity index is 1180. The van der Waals surface area contributed by atoms with Crippen molar-refractivity contribution in [1.29, 1.82) is 0 Å². The molecule has 2 heterocycles. The first-order valence-corrected chi connectivity index (χ1v) is 12.5. The molecule has 0 saturated heterocycles. The number of ether oxygens (including phenoxy) is 1. The number of nitrogens with zero attached hydrogens (tertiary/aromatic N) is 2. The molecule has 1 aliphatic carbocycles. The molecule has 180 valence electrons. The van der Waals surface area contributed by atoms with Crippen LogP contribution in [0.15, 0.2) is 72.9 Å². The second-order valence-corrected chi connectivity index (χ2v) is 9.28. The summed E-state index contributed by atoms with van der Waals surface area (Å²) in [4.78, 5) is 32.3. The Kier molecular flexibility index (Phi) is 6.80. The minimum Gasteiger partial charge on any atom is -0.481 e. The summed E-state index contributed by atoms with van der Waals surface area (Å²) in [5.41, 5.74) is 4.20. The number of amides is 2. The number of benzene rings is 2. The summed E-state index contributed by atoms with van der Waals surface area (Å²) in [6.45, 7) is 3.01. The molecule has 6 heteroatoms. The van der Waals surface area contributed by atoms with Gasteiger partial charge < -0.3 is 15.0 Å². The van der Waals surface area contributed by atoms with Crippen molar-refractivity contribution in [2.24, 2.45) is 5.92 Å². The molecule has 2 amide bonds. The molecule has 0 bridgehead atoms. The number of aromatic nitrogens is 1. The number of hydrogen-bond donors (Lipinski definition) is 1. The van der Waals surface area contributed by atoms with Crippen molar-refractivity contribution in [2.45, 2.75) is 51.3 Å². The lowest BCUT2D eigenvalue weighted by molar-refractivity contribution is -0.134. The lowest BCUT2D eigenvalue weighted by Crippen LogP contribution is -2.41. The van der Waals surface area contributed by atoms with Gasteiger partial charge in [0.15, 0.2) is 6.10 Å². The smallest absolute Gasteiger partial charge is 0.261 e. The molecular weight excluding hydrogens is 438 g/mol. The van der Waals surface area contributed by atoms with Crippen LogP contribution < -0.4 is 10.1 Å². The van der Waals surface area contributed by atoms with Crippen LogP contribution in [0.3, 0.4) is 0 Å². The van der Waals surface area contributed by atoms with Gasteiger partial charge >= 0.3 is 0 Å². The van der Waals surface area contributed by atoms with Gasteiger partial charge in [0, 0.05) is 18.7 Å². The van der Waals surface area contributed by atoms with Gasteiger partial charge in [0.1, 0.15) is 5.75 Å². The monoisotopic (exact) mass is 469 g/mol. The predicted octanol–water partition coefficient (Wildman–Crippen LogP) is 4.44. The molecule has 2 aliphatic rings. The molecule has 1 N–H and O–H groups in total. The van der Waals surface area contributed by atoms with E-state index in [1.54, 1.807) is 6.20 Å². The maximum atomic E-state index is 13.2. The maximum absolute atomic E-state index is 13.2. The molecule has 1 aromatic heterocycles. The van der Waals surface area contributed by atoms with Crippen LogP contribution in [0.25, 0.3) is 0 Å². The molecule has 0 radical (unpaired) electrons. The summed E-state index contributed by atoms with van der Waals surface area (Å²) in [5, 5.41) is 2.93. The first-order chi connectivity index (χ1) is 17.1. The van der Waals surface area contributed by atoms with E-state index in [0.717, 1.165) is 42.6 Å². The zero-order valence-electron chi connectivity index (χ0n) is 20.0. The van der Waals surface area contributed by atoms with Crippen molar-refractivity contribution >= 4 is 11.8 Å².